The third-order valence-electron chi connectivity index (χ3n) is 6.53. The first-order valence-corrected chi connectivity index (χ1v) is 15.3. The molecule has 220 valence electrons. The van der Waals surface area contributed by atoms with Gasteiger partial charge < -0.3 is 15.0 Å². The van der Waals surface area contributed by atoms with Crippen LogP contribution in [0.1, 0.15) is 38.3 Å². The molecule has 1 N–H and O–H groups in total. The summed E-state index contributed by atoms with van der Waals surface area (Å²) in [5.41, 5.74) is 2.07. The van der Waals surface area contributed by atoms with E-state index in [1.54, 1.807) is 30.3 Å². The van der Waals surface area contributed by atoms with Gasteiger partial charge in [-0.15, -0.1) is 0 Å². The Bertz CT molecular complexity index is 1440. The van der Waals surface area contributed by atoms with E-state index in [-0.39, 0.29) is 29.0 Å². The van der Waals surface area contributed by atoms with E-state index in [0.29, 0.717) is 23.7 Å². The number of carbonyl (C=O) groups is 2. The second-order valence-corrected chi connectivity index (χ2v) is 12.5. The number of anilines is 1. The Morgan fingerprint density at radius 3 is 2.27 bits per heavy atom. The molecule has 0 bridgehead atoms. The number of benzene rings is 3. The molecule has 1 atom stereocenters. The van der Waals surface area contributed by atoms with Gasteiger partial charge in [0.15, 0.2) is 0 Å². The van der Waals surface area contributed by atoms with E-state index in [0.717, 1.165) is 15.4 Å². The summed E-state index contributed by atoms with van der Waals surface area (Å²) in [5, 5.41) is 3.25. The van der Waals surface area contributed by atoms with Gasteiger partial charge in [-0.05, 0) is 67.3 Å². The third-order valence-corrected chi connectivity index (χ3v) is 8.55. The van der Waals surface area contributed by atoms with E-state index in [1.165, 1.54) is 30.2 Å². The number of hydrogen-bond donors (Lipinski definition) is 1. The Morgan fingerprint density at radius 1 is 1.00 bits per heavy atom. The highest BCUT2D eigenvalue weighted by molar-refractivity contribution is 7.92. The lowest BCUT2D eigenvalue weighted by molar-refractivity contribution is -0.140. The lowest BCUT2D eigenvalue weighted by Crippen LogP contribution is -2.52. The van der Waals surface area contributed by atoms with Gasteiger partial charge in [0.1, 0.15) is 18.3 Å². The van der Waals surface area contributed by atoms with Crippen LogP contribution in [0, 0.1) is 12.8 Å². The standard InChI is InChI=1S/C31H38ClN3O5S/c1-6-29(31(37)33-19-22(2)3)34(20-24-10-7-9-23(4)17-24)30(36)21-35(26-12-8-11-25(32)18-26)41(38,39)28-15-13-27(40-5)14-16-28/h7-18,22,29H,6,19-21H2,1-5H3,(H,33,37). The van der Waals surface area contributed by atoms with Crippen molar-refractivity contribution in [1.29, 1.82) is 0 Å². The summed E-state index contributed by atoms with van der Waals surface area (Å²) in [7, 11) is -2.72. The largest absolute Gasteiger partial charge is 0.497 e. The maximum Gasteiger partial charge on any atom is 0.264 e. The molecule has 0 fully saturated rings. The van der Waals surface area contributed by atoms with Gasteiger partial charge in [0.2, 0.25) is 11.8 Å². The normalized spacial score (nSPS) is 12.1. The van der Waals surface area contributed by atoms with Crippen LogP contribution in [0.2, 0.25) is 5.02 Å². The van der Waals surface area contributed by atoms with Gasteiger partial charge in [-0.1, -0.05) is 68.3 Å². The van der Waals surface area contributed by atoms with Crippen LogP contribution in [0.15, 0.2) is 77.7 Å². The number of halogens is 1. The smallest absolute Gasteiger partial charge is 0.264 e. The van der Waals surface area contributed by atoms with Crippen LogP contribution < -0.4 is 14.4 Å². The number of sulfonamides is 1. The number of nitrogens with zero attached hydrogens (tertiary/aromatic N) is 2. The molecule has 0 aliphatic rings. The molecule has 41 heavy (non-hydrogen) atoms. The van der Waals surface area contributed by atoms with E-state index in [9.17, 15) is 18.0 Å². The summed E-state index contributed by atoms with van der Waals surface area (Å²) < 4.78 is 34.1. The van der Waals surface area contributed by atoms with Crippen LogP contribution in [0.3, 0.4) is 0 Å². The zero-order valence-electron chi connectivity index (χ0n) is 24.1. The molecule has 0 saturated heterocycles. The van der Waals surface area contributed by atoms with Crippen LogP contribution in [0.4, 0.5) is 5.69 Å². The fourth-order valence-electron chi connectivity index (χ4n) is 4.38. The van der Waals surface area contributed by atoms with Crippen LogP contribution in [0.5, 0.6) is 5.75 Å². The molecule has 0 heterocycles. The zero-order chi connectivity index (χ0) is 30.2. The van der Waals surface area contributed by atoms with Gasteiger partial charge >= 0.3 is 0 Å². The molecule has 0 aliphatic heterocycles. The molecule has 0 saturated carbocycles. The van der Waals surface area contributed by atoms with Gasteiger partial charge in [-0.2, -0.15) is 0 Å². The summed E-state index contributed by atoms with van der Waals surface area (Å²) >= 11 is 6.23. The van der Waals surface area contributed by atoms with Crippen molar-refractivity contribution >= 4 is 39.1 Å². The molecule has 0 spiro atoms. The minimum atomic E-state index is -4.21. The fraction of sp³-hybridized carbons (Fsp3) is 0.355. The van der Waals surface area contributed by atoms with Crippen LogP contribution in [-0.4, -0.2) is 51.4 Å². The van der Waals surface area contributed by atoms with Crippen molar-refractivity contribution in [2.75, 3.05) is 24.5 Å². The number of hydrogen-bond acceptors (Lipinski definition) is 5. The quantitative estimate of drug-likeness (QED) is 0.283. The van der Waals surface area contributed by atoms with Gasteiger partial charge in [0.05, 0.1) is 17.7 Å². The van der Waals surface area contributed by atoms with Crippen LogP contribution in [0.25, 0.3) is 0 Å². The highest BCUT2D eigenvalue weighted by atomic mass is 35.5. The van der Waals surface area contributed by atoms with E-state index in [2.05, 4.69) is 5.32 Å². The Labute approximate surface area is 248 Å². The van der Waals surface area contributed by atoms with E-state index in [4.69, 9.17) is 16.3 Å². The fourth-order valence-corrected chi connectivity index (χ4v) is 5.97. The molecule has 0 radical (unpaired) electrons. The molecular formula is C31H38ClN3O5S. The molecular weight excluding hydrogens is 562 g/mol. The topological polar surface area (TPSA) is 96.0 Å². The van der Waals surface area contributed by atoms with Gasteiger partial charge in [0, 0.05) is 18.1 Å². The third kappa shape index (κ3) is 8.47. The first kappa shape index (κ1) is 32.0. The number of carbonyl (C=O) groups excluding carboxylic acids is 2. The predicted molar refractivity (Wildman–Crippen MR) is 163 cm³/mol. The minimum absolute atomic E-state index is 0.0157. The summed E-state index contributed by atoms with van der Waals surface area (Å²) in [6.07, 6.45) is 0.351. The number of amides is 2. The van der Waals surface area contributed by atoms with Gasteiger partial charge in [-0.3, -0.25) is 13.9 Å². The van der Waals surface area contributed by atoms with Crippen LogP contribution >= 0.6 is 11.6 Å². The number of methoxy groups -OCH3 is 1. The van der Waals surface area contributed by atoms with Crippen molar-refractivity contribution in [3.63, 3.8) is 0 Å². The molecule has 1 unspecified atom stereocenters. The average Bonchev–Trinajstić information content (AvgIpc) is 2.94. The molecule has 0 aliphatic carbocycles. The second-order valence-electron chi connectivity index (χ2n) is 10.2. The lowest BCUT2D eigenvalue weighted by atomic mass is 10.1. The maximum absolute atomic E-state index is 14.1. The Hall–Kier alpha value is -3.56. The van der Waals surface area contributed by atoms with Crippen molar-refractivity contribution < 1.29 is 22.7 Å². The average molecular weight is 600 g/mol. The van der Waals surface area contributed by atoms with E-state index < -0.39 is 28.5 Å². The summed E-state index contributed by atoms with van der Waals surface area (Å²) in [6, 6.07) is 19.1. The lowest BCUT2D eigenvalue weighted by Gasteiger charge is -2.33. The predicted octanol–water partition coefficient (Wildman–Crippen LogP) is 5.43. The molecule has 2 amide bonds. The molecule has 10 heteroatoms. The van der Waals surface area contributed by atoms with Crippen molar-refractivity contribution in [3.05, 3.63) is 88.9 Å². The summed E-state index contributed by atoms with van der Waals surface area (Å²) in [6.45, 7) is 7.83. The molecule has 3 rings (SSSR count). The van der Waals surface area contributed by atoms with Gasteiger partial charge in [-0.25, -0.2) is 8.42 Å². The SMILES string of the molecule is CCC(C(=O)NCC(C)C)N(Cc1cccc(C)c1)C(=O)CN(c1cccc(Cl)c1)S(=O)(=O)c1ccc(OC)cc1. The number of aryl methyl sites for hydroxylation is 1. The first-order valence-electron chi connectivity index (χ1n) is 13.5. The highest BCUT2D eigenvalue weighted by Crippen LogP contribution is 2.28. The molecule has 8 nitrogen and oxygen atoms in total. The second kappa shape index (κ2) is 14.4. The highest BCUT2D eigenvalue weighted by Gasteiger charge is 2.33. The number of nitrogens with one attached hydrogen (secondary N) is 1. The van der Waals surface area contributed by atoms with E-state index >= 15 is 0 Å². The molecule has 0 aromatic heterocycles. The molecule has 3 aromatic carbocycles. The number of ether oxygens (including phenoxy) is 1. The Morgan fingerprint density at radius 2 is 1.68 bits per heavy atom. The zero-order valence-corrected chi connectivity index (χ0v) is 25.7. The Kier molecular flexibility index (Phi) is 11.2. The van der Waals surface area contributed by atoms with Crippen molar-refractivity contribution in [2.45, 2.75) is 51.6 Å². The van der Waals surface area contributed by atoms with Crippen LogP contribution in [-0.2, 0) is 26.2 Å². The Balaban J connectivity index is 2.05. The number of rotatable bonds is 13. The first-order chi connectivity index (χ1) is 19.5. The monoisotopic (exact) mass is 599 g/mol. The van der Waals surface area contributed by atoms with E-state index in [1.807, 2.05) is 52.0 Å². The molecule has 3 aromatic rings. The minimum Gasteiger partial charge on any atom is -0.497 e. The van der Waals surface area contributed by atoms with Gasteiger partial charge in [0.25, 0.3) is 10.0 Å². The van der Waals surface area contributed by atoms with Crippen molar-refractivity contribution in [2.24, 2.45) is 5.92 Å². The van der Waals surface area contributed by atoms with Crippen molar-refractivity contribution in [1.82, 2.24) is 10.2 Å². The summed E-state index contributed by atoms with van der Waals surface area (Å²) in [5.74, 6) is -0.0770. The van der Waals surface area contributed by atoms with Crippen molar-refractivity contribution in [3.8, 4) is 5.75 Å². The maximum atomic E-state index is 14.1. The summed E-state index contributed by atoms with van der Waals surface area (Å²) in [4.78, 5) is 28.9.